The first kappa shape index (κ1) is 13.1. The molecule has 0 unspecified atom stereocenters. The molecule has 1 aromatic rings. The fourth-order valence-electron chi connectivity index (χ4n) is 2.75. The van der Waals surface area contributed by atoms with Gasteiger partial charge in [-0.25, -0.2) is 8.78 Å². The number of anilines is 1. The molecule has 0 amide bonds. The van der Waals surface area contributed by atoms with Gasteiger partial charge in [-0.1, -0.05) is 0 Å². The van der Waals surface area contributed by atoms with E-state index >= 15 is 0 Å². The first-order valence-electron chi connectivity index (χ1n) is 6.72. The fraction of sp³-hybridized carbons (Fsp3) is 0.571. The van der Waals surface area contributed by atoms with Crippen LogP contribution in [-0.4, -0.2) is 37.1 Å². The maximum atomic E-state index is 14.0. The molecule has 5 heteroatoms. The third-order valence-corrected chi connectivity index (χ3v) is 4.23. The van der Waals surface area contributed by atoms with Gasteiger partial charge < -0.3 is 4.90 Å². The minimum atomic E-state index is -0.504. The largest absolute Gasteiger partial charge is 0.364 e. The van der Waals surface area contributed by atoms with Gasteiger partial charge in [0.1, 0.15) is 17.3 Å². The number of rotatable bonds is 3. The van der Waals surface area contributed by atoms with Crippen LogP contribution in [0, 0.1) is 11.6 Å². The van der Waals surface area contributed by atoms with Crippen molar-refractivity contribution in [1.29, 1.82) is 0 Å². The summed E-state index contributed by atoms with van der Waals surface area (Å²) in [6.45, 7) is 3.15. The Bertz CT molecular complexity index is 446. The number of piperazine rings is 1. The zero-order valence-electron chi connectivity index (χ0n) is 10.7. The predicted octanol–water partition coefficient (Wildman–Crippen LogP) is 2.99. The van der Waals surface area contributed by atoms with Gasteiger partial charge in [0.2, 0.25) is 0 Å². The number of benzene rings is 1. The molecule has 1 saturated carbocycles. The molecule has 0 aromatic heterocycles. The molecule has 0 spiro atoms. The van der Waals surface area contributed by atoms with E-state index in [4.69, 9.17) is 11.6 Å². The van der Waals surface area contributed by atoms with E-state index in [2.05, 4.69) is 4.90 Å². The van der Waals surface area contributed by atoms with Crippen LogP contribution in [0.25, 0.3) is 0 Å². The van der Waals surface area contributed by atoms with E-state index in [0.29, 0.717) is 18.7 Å². The van der Waals surface area contributed by atoms with Gasteiger partial charge in [-0.2, -0.15) is 0 Å². The minimum absolute atomic E-state index is 0.101. The van der Waals surface area contributed by atoms with Gasteiger partial charge in [0.05, 0.1) is 0 Å². The lowest BCUT2D eigenvalue weighted by Crippen LogP contribution is -2.47. The second-order valence-corrected chi connectivity index (χ2v) is 5.56. The Balaban J connectivity index is 1.75. The summed E-state index contributed by atoms with van der Waals surface area (Å²) < 4.78 is 28.0. The van der Waals surface area contributed by atoms with Gasteiger partial charge in [-0.05, 0) is 30.5 Å². The summed E-state index contributed by atoms with van der Waals surface area (Å²) in [7, 11) is 0. The molecule has 2 fully saturated rings. The van der Waals surface area contributed by atoms with Crippen LogP contribution >= 0.6 is 11.6 Å². The van der Waals surface area contributed by atoms with Crippen molar-refractivity contribution in [2.24, 2.45) is 0 Å². The summed E-state index contributed by atoms with van der Waals surface area (Å²) in [6.07, 6.45) is 2.54. The number of alkyl halides is 1. The fourth-order valence-corrected chi connectivity index (χ4v) is 2.90. The molecule has 1 aliphatic heterocycles. The molecule has 1 saturated heterocycles. The van der Waals surface area contributed by atoms with Crippen molar-refractivity contribution < 1.29 is 8.78 Å². The van der Waals surface area contributed by atoms with Crippen LogP contribution < -0.4 is 4.90 Å². The molecule has 3 rings (SSSR count). The summed E-state index contributed by atoms with van der Waals surface area (Å²) in [6, 6.07) is 3.38. The van der Waals surface area contributed by atoms with E-state index in [-0.39, 0.29) is 11.6 Å². The van der Waals surface area contributed by atoms with Gasteiger partial charge in [0.15, 0.2) is 0 Å². The van der Waals surface area contributed by atoms with E-state index < -0.39 is 11.6 Å². The first-order chi connectivity index (χ1) is 9.19. The standard InChI is InChI=1S/C14H17ClF2N2/c15-9-10-7-12(16)14(13(17)8-10)19-5-3-18(4-6-19)11-1-2-11/h7-8,11H,1-6,9H2. The molecule has 0 bridgehead atoms. The summed E-state index contributed by atoms with van der Waals surface area (Å²) in [4.78, 5) is 4.22. The molecular weight excluding hydrogens is 270 g/mol. The maximum absolute atomic E-state index is 14.0. The highest BCUT2D eigenvalue weighted by Crippen LogP contribution is 2.30. The Labute approximate surface area is 116 Å². The molecule has 0 radical (unpaired) electrons. The Morgan fingerprint density at radius 1 is 1.05 bits per heavy atom. The molecule has 19 heavy (non-hydrogen) atoms. The molecular formula is C14H17ClF2N2. The molecule has 1 heterocycles. The molecule has 2 nitrogen and oxygen atoms in total. The molecule has 1 aromatic carbocycles. The zero-order chi connectivity index (χ0) is 13.4. The summed E-state index contributed by atoms with van der Waals surface area (Å²) in [5.74, 6) is -0.880. The quantitative estimate of drug-likeness (QED) is 0.788. The lowest BCUT2D eigenvalue weighted by Gasteiger charge is -2.36. The van der Waals surface area contributed by atoms with E-state index in [1.807, 2.05) is 4.90 Å². The van der Waals surface area contributed by atoms with Gasteiger partial charge in [0.25, 0.3) is 0 Å². The zero-order valence-corrected chi connectivity index (χ0v) is 11.5. The number of nitrogens with zero attached hydrogens (tertiary/aromatic N) is 2. The van der Waals surface area contributed by atoms with Crippen LogP contribution in [0.3, 0.4) is 0 Å². The van der Waals surface area contributed by atoms with Gasteiger partial charge in [-0.15, -0.1) is 11.6 Å². The Morgan fingerprint density at radius 3 is 2.11 bits per heavy atom. The van der Waals surface area contributed by atoms with Crippen molar-refractivity contribution in [3.63, 3.8) is 0 Å². The summed E-state index contributed by atoms with van der Waals surface area (Å²) in [5, 5.41) is 0. The van der Waals surface area contributed by atoms with Gasteiger partial charge in [0, 0.05) is 38.1 Å². The van der Waals surface area contributed by atoms with Crippen molar-refractivity contribution in [1.82, 2.24) is 4.90 Å². The monoisotopic (exact) mass is 286 g/mol. The minimum Gasteiger partial charge on any atom is -0.364 e. The van der Waals surface area contributed by atoms with Gasteiger partial charge >= 0.3 is 0 Å². The Hall–Kier alpha value is -0.870. The van der Waals surface area contributed by atoms with Crippen molar-refractivity contribution >= 4 is 17.3 Å². The van der Waals surface area contributed by atoms with Crippen molar-refractivity contribution in [2.75, 3.05) is 31.1 Å². The van der Waals surface area contributed by atoms with Crippen LogP contribution in [-0.2, 0) is 5.88 Å². The second kappa shape index (κ2) is 5.25. The lowest BCUT2D eigenvalue weighted by molar-refractivity contribution is 0.247. The highest BCUT2D eigenvalue weighted by Gasteiger charge is 2.32. The van der Waals surface area contributed by atoms with Gasteiger partial charge in [-0.3, -0.25) is 4.90 Å². The third-order valence-electron chi connectivity index (χ3n) is 3.92. The van der Waals surface area contributed by atoms with Crippen LogP contribution in [0.2, 0.25) is 0 Å². The van der Waals surface area contributed by atoms with Crippen molar-refractivity contribution in [3.8, 4) is 0 Å². The van der Waals surface area contributed by atoms with E-state index in [9.17, 15) is 8.78 Å². The van der Waals surface area contributed by atoms with Crippen molar-refractivity contribution in [3.05, 3.63) is 29.3 Å². The topological polar surface area (TPSA) is 6.48 Å². The van der Waals surface area contributed by atoms with E-state index in [1.165, 1.54) is 25.0 Å². The Morgan fingerprint density at radius 2 is 1.63 bits per heavy atom. The molecule has 2 aliphatic rings. The average molecular weight is 287 g/mol. The number of hydrogen-bond donors (Lipinski definition) is 0. The average Bonchev–Trinajstić information content (AvgIpc) is 3.23. The predicted molar refractivity (Wildman–Crippen MR) is 72.7 cm³/mol. The first-order valence-corrected chi connectivity index (χ1v) is 7.25. The number of hydrogen-bond acceptors (Lipinski definition) is 2. The molecule has 0 atom stereocenters. The van der Waals surface area contributed by atoms with Crippen LogP contribution in [0.4, 0.5) is 14.5 Å². The molecule has 1 aliphatic carbocycles. The smallest absolute Gasteiger partial charge is 0.149 e. The highest BCUT2D eigenvalue weighted by molar-refractivity contribution is 6.17. The summed E-state index contributed by atoms with van der Waals surface area (Å²) >= 11 is 5.62. The van der Waals surface area contributed by atoms with Crippen molar-refractivity contribution in [2.45, 2.75) is 24.8 Å². The molecule has 0 N–H and O–H groups in total. The van der Waals surface area contributed by atoms with Crippen LogP contribution in [0.15, 0.2) is 12.1 Å². The van der Waals surface area contributed by atoms with E-state index in [1.54, 1.807) is 0 Å². The third kappa shape index (κ3) is 2.70. The SMILES string of the molecule is Fc1cc(CCl)cc(F)c1N1CCN(C2CC2)CC1. The second-order valence-electron chi connectivity index (χ2n) is 5.30. The summed E-state index contributed by atoms with van der Waals surface area (Å²) in [5.41, 5.74) is 0.585. The van der Waals surface area contributed by atoms with Crippen LogP contribution in [0.5, 0.6) is 0 Å². The molecule has 104 valence electrons. The Kier molecular flexibility index (Phi) is 3.63. The van der Waals surface area contributed by atoms with Crippen LogP contribution in [0.1, 0.15) is 18.4 Å². The maximum Gasteiger partial charge on any atom is 0.149 e. The lowest BCUT2D eigenvalue weighted by atomic mass is 10.1. The highest BCUT2D eigenvalue weighted by atomic mass is 35.5. The number of halogens is 3. The normalized spacial score (nSPS) is 20.9. The van der Waals surface area contributed by atoms with E-state index in [0.717, 1.165) is 19.1 Å².